The van der Waals surface area contributed by atoms with E-state index < -0.39 is 0 Å². The van der Waals surface area contributed by atoms with Crippen LogP contribution in [-0.4, -0.2) is 10.1 Å². The van der Waals surface area contributed by atoms with Gasteiger partial charge < -0.3 is 10.3 Å². The number of nitrogen functional groups attached to an aromatic ring is 1. The van der Waals surface area contributed by atoms with Crippen molar-refractivity contribution in [1.29, 1.82) is 0 Å². The van der Waals surface area contributed by atoms with Gasteiger partial charge in [-0.2, -0.15) is 4.98 Å². The van der Waals surface area contributed by atoms with Crippen LogP contribution in [0.5, 0.6) is 0 Å². The lowest BCUT2D eigenvalue weighted by Gasteiger charge is -2.01. The van der Waals surface area contributed by atoms with Crippen molar-refractivity contribution in [2.45, 2.75) is 0 Å². The number of benzene rings is 2. The molecule has 2 N–H and O–H groups in total. The first-order valence-corrected chi connectivity index (χ1v) is 6.07. The van der Waals surface area contributed by atoms with Crippen LogP contribution in [-0.2, 0) is 0 Å². The Morgan fingerprint density at radius 3 is 2.53 bits per heavy atom. The fourth-order valence-electron chi connectivity index (χ4n) is 1.80. The number of rotatable bonds is 2. The number of halogens is 1. The SMILES string of the molecule is Nc1cccc(Cl)c1-c1nc(-c2ccccc2)no1. The maximum Gasteiger partial charge on any atom is 0.261 e. The van der Waals surface area contributed by atoms with E-state index in [1.54, 1.807) is 18.2 Å². The first-order valence-electron chi connectivity index (χ1n) is 5.69. The van der Waals surface area contributed by atoms with Gasteiger partial charge in [0.2, 0.25) is 5.82 Å². The van der Waals surface area contributed by atoms with E-state index in [0.29, 0.717) is 28.0 Å². The summed E-state index contributed by atoms with van der Waals surface area (Å²) in [6, 6.07) is 14.8. The van der Waals surface area contributed by atoms with E-state index >= 15 is 0 Å². The topological polar surface area (TPSA) is 64.9 Å². The predicted molar refractivity (Wildman–Crippen MR) is 74.6 cm³/mol. The van der Waals surface area contributed by atoms with Gasteiger partial charge in [0.1, 0.15) is 0 Å². The Hall–Kier alpha value is -2.33. The lowest BCUT2D eigenvalue weighted by molar-refractivity contribution is 0.432. The minimum absolute atomic E-state index is 0.321. The van der Waals surface area contributed by atoms with E-state index in [-0.39, 0.29) is 0 Å². The minimum atomic E-state index is 0.321. The minimum Gasteiger partial charge on any atom is -0.398 e. The zero-order chi connectivity index (χ0) is 13.2. The number of nitrogens with zero attached hydrogens (tertiary/aromatic N) is 2. The fourth-order valence-corrected chi connectivity index (χ4v) is 2.06. The molecule has 0 aliphatic rings. The molecule has 5 heteroatoms. The van der Waals surface area contributed by atoms with Crippen molar-refractivity contribution < 1.29 is 4.52 Å². The largest absolute Gasteiger partial charge is 0.398 e. The number of aromatic nitrogens is 2. The molecule has 0 atom stereocenters. The summed E-state index contributed by atoms with van der Waals surface area (Å²) < 4.78 is 5.24. The summed E-state index contributed by atoms with van der Waals surface area (Å²) in [6.07, 6.45) is 0. The van der Waals surface area contributed by atoms with Crippen molar-refractivity contribution in [3.63, 3.8) is 0 Å². The van der Waals surface area contributed by atoms with Crippen molar-refractivity contribution in [2.24, 2.45) is 0 Å². The van der Waals surface area contributed by atoms with E-state index in [1.807, 2.05) is 30.3 Å². The third-order valence-electron chi connectivity index (χ3n) is 2.72. The molecule has 0 saturated carbocycles. The van der Waals surface area contributed by atoms with Gasteiger partial charge in [0, 0.05) is 11.3 Å². The molecular formula is C14H10ClN3O. The standard InChI is InChI=1S/C14H10ClN3O/c15-10-7-4-8-11(16)12(10)14-17-13(18-19-14)9-5-2-1-3-6-9/h1-8H,16H2. The van der Waals surface area contributed by atoms with Crippen molar-refractivity contribution in [3.8, 4) is 22.8 Å². The Labute approximate surface area is 114 Å². The van der Waals surface area contributed by atoms with Crippen molar-refractivity contribution in [3.05, 3.63) is 53.6 Å². The van der Waals surface area contributed by atoms with Crippen LogP contribution in [0.25, 0.3) is 22.8 Å². The van der Waals surface area contributed by atoms with Crippen LogP contribution in [0, 0.1) is 0 Å². The normalized spacial score (nSPS) is 10.6. The Bertz CT molecular complexity index is 689. The number of hydrogen-bond acceptors (Lipinski definition) is 4. The molecule has 0 aliphatic heterocycles. The summed E-state index contributed by atoms with van der Waals surface area (Å²) in [6.45, 7) is 0. The maximum atomic E-state index is 6.11. The number of nitrogens with two attached hydrogens (primary N) is 1. The van der Waals surface area contributed by atoms with Gasteiger partial charge >= 0.3 is 0 Å². The van der Waals surface area contributed by atoms with Crippen LogP contribution in [0.3, 0.4) is 0 Å². The molecule has 0 aliphatic carbocycles. The van der Waals surface area contributed by atoms with Crippen LogP contribution < -0.4 is 5.73 Å². The zero-order valence-electron chi connectivity index (χ0n) is 9.88. The van der Waals surface area contributed by atoms with Gasteiger partial charge in [0.05, 0.1) is 10.6 Å². The monoisotopic (exact) mass is 271 g/mol. The molecule has 4 nitrogen and oxygen atoms in total. The Balaban J connectivity index is 2.07. The van der Waals surface area contributed by atoms with E-state index in [4.69, 9.17) is 21.9 Å². The van der Waals surface area contributed by atoms with E-state index in [1.165, 1.54) is 0 Å². The average Bonchev–Trinajstić information content (AvgIpc) is 2.89. The molecule has 94 valence electrons. The Morgan fingerprint density at radius 2 is 1.79 bits per heavy atom. The molecule has 1 aromatic heterocycles. The van der Waals surface area contributed by atoms with Crippen LogP contribution in [0.1, 0.15) is 0 Å². The lowest BCUT2D eigenvalue weighted by Crippen LogP contribution is -1.90. The zero-order valence-corrected chi connectivity index (χ0v) is 10.6. The third-order valence-corrected chi connectivity index (χ3v) is 3.03. The second kappa shape index (κ2) is 4.74. The molecule has 0 saturated heterocycles. The smallest absolute Gasteiger partial charge is 0.261 e. The quantitative estimate of drug-likeness (QED) is 0.723. The molecule has 3 rings (SSSR count). The summed E-state index contributed by atoms with van der Waals surface area (Å²) in [5, 5.41) is 4.43. The first kappa shape index (κ1) is 11.7. The molecule has 0 unspecified atom stereocenters. The van der Waals surface area contributed by atoms with Crippen LogP contribution in [0.15, 0.2) is 53.1 Å². The van der Waals surface area contributed by atoms with Crippen molar-refractivity contribution >= 4 is 17.3 Å². The molecule has 1 heterocycles. The highest BCUT2D eigenvalue weighted by molar-refractivity contribution is 6.33. The van der Waals surface area contributed by atoms with Gasteiger partial charge in [-0.25, -0.2) is 0 Å². The highest BCUT2D eigenvalue weighted by Gasteiger charge is 2.15. The summed E-state index contributed by atoms with van der Waals surface area (Å²) >= 11 is 6.11. The summed E-state index contributed by atoms with van der Waals surface area (Å²) in [5.74, 6) is 0.830. The highest BCUT2D eigenvalue weighted by atomic mass is 35.5. The van der Waals surface area contributed by atoms with E-state index in [0.717, 1.165) is 5.56 Å². The molecule has 0 amide bonds. The summed E-state index contributed by atoms with van der Waals surface area (Å²) in [5.41, 5.74) is 7.85. The van der Waals surface area contributed by atoms with Crippen LogP contribution in [0.4, 0.5) is 5.69 Å². The fraction of sp³-hybridized carbons (Fsp3) is 0. The van der Waals surface area contributed by atoms with Crippen LogP contribution >= 0.6 is 11.6 Å². The van der Waals surface area contributed by atoms with Gasteiger partial charge in [-0.3, -0.25) is 0 Å². The first-order chi connectivity index (χ1) is 9.25. The van der Waals surface area contributed by atoms with E-state index in [9.17, 15) is 0 Å². The van der Waals surface area contributed by atoms with Crippen molar-refractivity contribution in [1.82, 2.24) is 10.1 Å². The van der Waals surface area contributed by atoms with Crippen molar-refractivity contribution in [2.75, 3.05) is 5.73 Å². The molecule has 0 spiro atoms. The summed E-state index contributed by atoms with van der Waals surface area (Å²) in [4.78, 5) is 4.33. The number of anilines is 1. The molecule has 19 heavy (non-hydrogen) atoms. The number of hydrogen-bond donors (Lipinski definition) is 1. The Kier molecular flexibility index (Phi) is 2.93. The lowest BCUT2D eigenvalue weighted by atomic mass is 10.2. The molecule has 2 aromatic carbocycles. The predicted octanol–water partition coefficient (Wildman–Crippen LogP) is 3.64. The molecule has 0 fully saturated rings. The second-order valence-electron chi connectivity index (χ2n) is 3.99. The van der Waals surface area contributed by atoms with E-state index in [2.05, 4.69) is 10.1 Å². The third kappa shape index (κ3) is 2.18. The van der Waals surface area contributed by atoms with Gasteiger partial charge in [0.25, 0.3) is 5.89 Å². The van der Waals surface area contributed by atoms with Gasteiger partial charge in [0.15, 0.2) is 0 Å². The van der Waals surface area contributed by atoms with Gasteiger partial charge in [-0.1, -0.05) is 53.2 Å². The maximum absolute atomic E-state index is 6.11. The summed E-state index contributed by atoms with van der Waals surface area (Å²) in [7, 11) is 0. The van der Waals surface area contributed by atoms with Gasteiger partial charge in [-0.15, -0.1) is 0 Å². The molecular weight excluding hydrogens is 262 g/mol. The average molecular weight is 272 g/mol. The Morgan fingerprint density at radius 1 is 1.00 bits per heavy atom. The van der Waals surface area contributed by atoms with Gasteiger partial charge in [-0.05, 0) is 12.1 Å². The second-order valence-corrected chi connectivity index (χ2v) is 4.40. The molecule has 0 radical (unpaired) electrons. The highest BCUT2D eigenvalue weighted by Crippen LogP contribution is 2.32. The molecule has 3 aromatic rings. The molecule has 0 bridgehead atoms. The van der Waals surface area contributed by atoms with Crippen LogP contribution in [0.2, 0.25) is 5.02 Å².